The largest absolute Gasteiger partial charge is 0.872 e. The number of aromatic amines is 2. The Labute approximate surface area is 201 Å². The van der Waals surface area contributed by atoms with Crippen LogP contribution in [0.5, 0.6) is 0 Å². The Kier molecular flexibility index (Phi) is 6.50. The van der Waals surface area contributed by atoms with E-state index >= 15 is 0 Å². The minimum absolute atomic E-state index is 0.0268. The maximum Gasteiger partial charge on any atom is 0.355 e. The lowest BCUT2D eigenvalue weighted by Crippen LogP contribution is -2.29. The van der Waals surface area contributed by atoms with Gasteiger partial charge >= 0.3 is 5.97 Å². The Balaban J connectivity index is 1.90. The Morgan fingerprint density at radius 3 is 2.66 bits per heavy atom. The number of Topliss-reactive ketones (excluding diaryl/α,β-unsaturated/α-hetero) is 1. The van der Waals surface area contributed by atoms with Crippen molar-refractivity contribution in [1.29, 1.82) is 0 Å². The van der Waals surface area contributed by atoms with Gasteiger partial charge in [0.2, 0.25) is 5.78 Å². The van der Waals surface area contributed by atoms with Gasteiger partial charge in [0.15, 0.2) is 12.4 Å². The molecular formula is C26H24FN3O5. The zero-order chi connectivity index (χ0) is 25.3. The number of halogens is 1. The molecule has 1 amide bonds. The van der Waals surface area contributed by atoms with E-state index < -0.39 is 35.3 Å². The van der Waals surface area contributed by atoms with Crippen molar-refractivity contribution in [3.63, 3.8) is 0 Å². The molecule has 1 fully saturated rings. The number of nitrogens with zero attached hydrogens (tertiary/aromatic N) is 1. The van der Waals surface area contributed by atoms with Crippen LogP contribution < -0.4 is 10.1 Å². The second kappa shape index (κ2) is 9.54. The third-order valence-corrected chi connectivity index (χ3v) is 5.96. The molecule has 1 aliphatic rings. The average Bonchev–Trinajstić information content (AvgIpc) is 3.27. The molecule has 0 radical (unpaired) electrons. The van der Waals surface area contributed by atoms with Crippen LogP contribution in [0, 0.1) is 19.7 Å². The summed E-state index contributed by atoms with van der Waals surface area (Å²) in [6.07, 6.45) is 3.37. The van der Waals surface area contributed by atoms with Crippen molar-refractivity contribution in [2.24, 2.45) is 0 Å². The normalized spacial score (nSPS) is 17.1. The maximum atomic E-state index is 14.2. The molecule has 3 aromatic rings. The predicted molar refractivity (Wildman–Crippen MR) is 121 cm³/mol. The second-order valence-electron chi connectivity index (χ2n) is 8.22. The van der Waals surface area contributed by atoms with Gasteiger partial charge in [0, 0.05) is 22.9 Å². The summed E-state index contributed by atoms with van der Waals surface area (Å²) in [4.78, 5) is 45.7. The molecule has 4 rings (SSSR count). The Bertz CT molecular complexity index is 1350. The van der Waals surface area contributed by atoms with E-state index in [9.17, 15) is 23.9 Å². The van der Waals surface area contributed by atoms with Crippen molar-refractivity contribution in [3.05, 3.63) is 93.8 Å². The van der Waals surface area contributed by atoms with Crippen molar-refractivity contribution in [1.82, 2.24) is 9.88 Å². The summed E-state index contributed by atoms with van der Waals surface area (Å²) < 4.78 is 19.2. The standard InChI is InChI=1S/C26H24FN3O5/c1-4-35-26(34)21-14(2)19(15(3)29-21)23(31)20-22(17-8-5-9-18(27)11-17)30(25(33)24(20)32)13-16-7-6-10-28-12-16/h5-12,22,29,31H,4,13H2,1-3H3/b23-20+. The summed E-state index contributed by atoms with van der Waals surface area (Å²) in [7, 11) is 0. The number of nitrogens with one attached hydrogen (secondary N) is 2. The van der Waals surface area contributed by atoms with Crippen LogP contribution in [0.2, 0.25) is 0 Å². The molecule has 35 heavy (non-hydrogen) atoms. The van der Waals surface area contributed by atoms with Crippen LogP contribution in [0.1, 0.15) is 51.4 Å². The number of hydrogen-bond donors (Lipinski definition) is 1. The Morgan fingerprint density at radius 1 is 1.23 bits per heavy atom. The fraction of sp³-hybridized carbons (Fsp3) is 0.231. The highest BCUT2D eigenvalue weighted by molar-refractivity contribution is 6.46. The van der Waals surface area contributed by atoms with Gasteiger partial charge in [0.1, 0.15) is 11.5 Å². The highest BCUT2D eigenvalue weighted by Crippen LogP contribution is 2.40. The minimum atomic E-state index is -1.10. The van der Waals surface area contributed by atoms with Crippen molar-refractivity contribution in [3.8, 4) is 0 Å². The molecule has 1 unspecified atom stereocenters. The third-order valence-electron chi connectivity index (χ3n) is 5.96. The Hall–Kier alpha value is -4.27. The van der Waals surface area contributed by atoms with E-state index in [1.807, 2.05) is 0 Å². The average molecular weight is 477 g/mol. The number of H-pyrrole nitrogens is 2. The van der Waals surface area contributed by atoms with Crippen LogP contribution in [0.4, 0.5) is 4.39 Å². The van der Waals surface area contributed by atoms with Crippen LogP contribution in [0.15, 0.2) is 54.4 Å². The highest BCUT2D eigenvalue weighted by Gasteiger charge is 2.44. The van der Waals surface area contributed by atoms with Crippen LogP contribution in [-0.4, -0.2) is 34.2 Å². The number of benzene rings is 1. The molecule has 9 heteroatoms. The lowest BCUT2D eigenvalue weighted by atomic mass is 9.94. The summed E-state index contributed by atoms with van der Waals surface area (Å²) in [5, 5.41) is 13.8. The zero-order valence-corrected chi connectivity index (χ0v) is 19.5. The minimum Gasteiger partial charge on any atom is -0.872 e. The van der Waals surface area contributed by atoms with E-state index in [1.54, 1.807) is 51.4 Å². The molecular weight excluding hydrogens is 453 g/mol. The lowest BCUT2D eigenvalue weighted by Gasteiger charge is -2.27. The van der Waals surface area contributed by atoms with E-state index in [4.69, 9.17) is 4.74 Å². The molecule has 1 saturated heterocycles. The lowest BCUT2D eigenvalue weighted by molar-refractivity contribution is -0.378. The monoisotopic (exact) mass is 477 g/mol. The molecule has 0 bridgehead atoms. The SMILES string of the molecule is CCOC(=O)c1[nH]c(C)c(/C([O-])=C2\C(=O)C(=O)N(Cc3ccc[nH+]c3)C2c2cccc(F)c2)c1C. The highest BCUT2D eigenvalue weighted by atomic mass is 19.1. The van der Waals surface area contributed by atoms with Gasteiger partial charge < -0.3 is 19.7 Å². The number of pyridine rings is 1. The van der Waals surface area contributed by atoms with E-state index in [1.165, 1.54) is 23.1 Å². The van der Waals surface area contributed by atoms with E-state index in [0.29, 0.717) is 22.4 Å². The van der Waals surface area contributed by atoms with Gasteiger partial charge in [-0.2, -0.15) is 0 Å². The molecule has 0 spiro atoms. The van der Waals surface area contributed by atoms with Crippen LogP contribution in [0.25, 0.3) is 5.76 Å². The number of ketones is 1. The van der Waals surface area contributed by atoms with Crippen molar-refractivity contribution in [2.45, 2.75) is 33.4 Å². The number of esters is 1. The van der Waals surface area contributed by atoms with Crippen molar-refractivity contribution < 1.29 is 33.6 Å². The van der Waals surface area contributed by atoms with Gasteiger partial charge in [0.05, 0.1) is 19.2 Å². The van der Waals surface area contributed by atoms with E-state index in [0.717, 1.165) is 0 Å². The molecule has 1 atom stereocenters. The molecule has 180 valence electrons. The second-order valence-corrected chi connectivity index (χ2v) is 8.22. The Morgan fingerprint density at radius 2 is 2.00 bits per heavy atom. The molecule has 2 N–H and O–H groups in total. The van der Waals surface area contributed by atoms with Gasteiger partial charge in [-0.25, -0.2) is 14.2 Å². The van der Waals surface area contributed by atoms with Gasteiger partial charge in [0.25, 0.3) is 5.91 Å². The number of aryl methyl sites for hydroxylation is 1. The van der Waals surface area contributed by atoms with E-state index in [-0.39, 0.29) is 30.0 Å². The summed E-state index contributed by atoms with van der Waals surface area (Å²) >= 11 is 0. The predicted octanol–water partition coefficient (Wildman–Crippen LogP) is 2.19. The van der Waals surface area contributed by atoms with Gasteiger partial charge in [-0.1, -0.05) is 17.9 Å². The fourth-order valence-corrected chi connectivity index (χ4v) is 4.41. The van der Waals surface area contributed by atoms with E-state index in [2.05, 4.69) is 9.97 Å². The summed E-state index contributed by atoms with van der Waals surface area (Å²) in [5.41, 5.74) is 1.59. The van der Waals surface area contributed by atoms with Gasteiger partial charge in [-0.15, -0.1) is 0 Å². The first kappa shape index (κ1) is 23.9. The summed E-state index contributed by atoms with van der Waals surface area (Å²) in [6.45, 7) is 5.01. The number of aromatic nitrogens is 2. The number of likely N-dealkylation sites (tertiary alicyclic amines) is 1. The number of carbonyl (C=O) groups excluding carboxylic acids is 3. The van der Waals surface area contributed by atoms with Crippen molar-refractivity contribution >= 4 is 23.4 Å². The molecule has 2 aromatic heterocycles. The maximum absolute atomic E-state index is 14.2. The van der Waals surface area contributed by atoms with Crippen molar-refractivity contribution in [2.75, 3.05) is 6.61 Å². The fourth-order valence-electron chi connectivity index (χ4n) is 4.41. The van der Waals surface area contributed by atoms with Crippen LogP contribution in [-0.2, 0) is 20.9 Å². The van der Waals surface area contributed by atoms with Crippen LogP contribution >= 0.6 is 0 Å². The number of ether oxygens (including phenoxy) is 1. The number of amides is 1. The third kappa shape index (κ3) is 4.32. The van der Waals surface area contributed by atoms with Crippen LogP contribution in [0.3, 0.4) is 0 Å². The smallest absolute Gasteiger partial charge is 0.355 e. The first-order valence-electron chi connectivity index (χ1n) is 11.1. The topological polar surface area (TPSA) is 117 Å². The van der Waals surface area contributed by atoms with Gasteiger partial charge in [-0.05, 0) is 55.7 Å². The summed E-state index contributed by atoms with van der Waals surface area (Å²) in [5.74, 6) is -3.70. The number of rotatable bonds is 6. The summed E-state index contributed by atoms with van der Waals surface area (Å²) in [6, 6.07) is 7.88. The quantitative estimate of drug-likeness (QED) is 0.253. The number of hydrogen-bond acceptors (Lipinski definition) is 5. The number of carbonyl (C=O) groups is 3. The first-order valence-corrected chi connectivity index (χ1v) is 11.1. The molecule has 0 aliphatic carbocycles. The zero-order valence-electron chi connectivity index (χ0n) is 19.5. The molecule has 0 saturated carbocycles. The van der Waals surface area contributed by atoms with Gasteiger partial charge in [-0.3, -0.25) is 9.59 Å². The molecule has 3 heterocycles. The molecule has 8 nitrogen and oxygen atoms in total. The molecule has 1 aromatic carbocycles. The first-order chi connectivity index (χ1) is 16.7. The molecule has 1 aliphatic heterocycles.